The number of hydrogen-bond donors (Lipinski definition) is 3. The number of halogens is 1. The second-order valence-corrected chi connectivity index (χ2v) is 7.31. The predicted molar refractivity (Wildman–Crippen MR) is 85.8 cm³/mol. The molecular formula is C13H17BrN4O2S. The first-order valence-corrected chi connectivity index (χ1v) is 8.59. The fraction of sp³-hybridized carbons (Fsp3) is 0.308. The maximum atomic E-state index is 12.6. The highest BCUT2D eigenvalue weighted by atomic mass is 79.9. The van der Waals surface area contributed by atoms with Crippen molar-refractivity contribution in [2.75, 3.05) is 11.8 Å². The minimum Gasteiger partial charge on any atom is -0.314 e. The Kier molecular flexibility index (Phi) is 4.70. The Balaban J connectivity index is 2.41. The minimum absolute atomic E-state index is 0.189. The molecule has 1 heterocycles. The highest BCUT2D eigenvalue weighted by molar-refractivity contribution is 9.10. The highest BCUT2D eigenvalue weighted by Crippen LogP contribution is 2.24. The van der Waals surface area contributed by atoms with Gasteiger partial charge in [0.2, 0.25) is 0 Å². The molecule has 1 aromatic heterocycles. The van der Waals surface area contributed by atoms with Crippen LogP contribution in [0.4, 0.5) is 5.69 Å². The average molecular weight is 373 g/mol. The number of aromatic nitrogens is 2. The van der Waals surface area contributed by atoms with E-state index < -0.39 is 10.0 Å². The Hall–Kier alpha value is -1.38. The van der Waals surface area contributed by atoms with Crippen LogP contribution in [0.5, 0.6) is 0 Å². The van der Waals surface area contributed by atoms with Crippen LogP contribution < -0.4 is 10.0 Å². The molecule has 2 rings (SSSR count). The van der Waals surface area contributed by atoms with Crippen LogP contribution in [0.15, 0.2) is 27.6 Å². The van der Waals surface area contributed by atoms with Crippen LogP contribution in [0, 0.1) is 13.8 Å². The molecule has 0 spiro atoms. The second kappa shape index (κ2) is 6.17. The Labute approximate surface area is 132 Å². The molecule has 8 heteroatoms. The summed E-state index contributed by atoms with van der Waals surface area (Å²) in [6, 6.07) is 5.40. The number of benzene rings is 1. The first kappa shape index (κ1) is 16.0. The first-order valence-electron chi connectivity index (χ1n) is 6.32. The van der Waals surface area contributed by atoms with Crippen LogP contribution in [-0.2, 0) is 16.6 Å². The standard InChI is InChI=1S/C13H17BrN4O2S/c1-8-4-10(14)6-11(5-8)18-21(19,20)13-9(2)16-17-12(13)7-15-3/h4-6,15,18H,7H2,1-3H3,(H,16,17). The fourth-order valence-electron chi connectivity index (χ4n) is 2.11. The van der Waals surface area contributed by atoms with Crippen LogP contribution in [0.2, 0.25) is 0 Å². The molecule has 0 fully saturated rings. The normalized spacial score (nSPS) is 11.6. The third-order valence-corrected chi connectivity index (χ3v) is 4.91. The zero-order valence-electron chi connectivity index (χ0n) is 12.0. The van der Waals surface area contributed by atoms with Crippen molar-refractivity contribution in [3.05, 3.63) is 39.6 Å². The van der Waals surface area contributed by atoms with Crippen molar-refractivity contribution in [2.24, 2.45) is 0 Å². The lowest BCUT2D eigenvalue weighted by molar-refractivity contribution is 0.598. The van der Waals surface area contributed by atoms with Crippen molar-refractivity contribution < 1.29 is 8.42 Å². The second-order valence-electron chi connectivity index (χ2n) is 4.78. The fourth-order valence-corrected chi connectivity index (χ4v) is 4.13. The van der Waals surface area contributed by atoms with Gasteiger partial charge in [-0.1, -0.05) is 15.9 Å². The van der Waals surface area contributed by atoms with Crippen molar-refractivity contribution >= 4 is 31.6 Å². The zero-order valence-corrected chi connectivity index (χ0v) is 14.4. The summed E-state index contributed by atoms with van der Waals surface area (Å²) in [5.74, 6) is 0. The smallest absolute Gasteiger partial charge is 0.265 e. The lowest BCUT2D eigenvalue weighted by atomic mass is 10.2. The molecule has 0 amide bonds. The number of nitrogens with zero attached hydrogens (tertiary/aromatic N) is 1. The number of aryl methyl sites for hydroxylation is 2. The van der Waals surface area contributed by atoms with Crippen LogP contribution in [0.1, 0.15) is 17.0 Å². The molecule has 0 bridgehead atoms. The molecule has 0 unspecified atom stereocenters. The Morgan fingerprint density at radius 1 is 1.29 bits per heavy atom. The van der Waals surface area contributed by atoms with E-state index in [-0.39, 0.29) is 4.90 Å². The number of H-pyrrole nitrogens is 1. The van der Waals surface area contributed by atoms with E-state index in [9.17, 15) is 8.42 Å². The molecule has 1 aromatic carbocycles. The van der Waals surface area contributed by atoms with Crippen molar-refractivity contribution in [3.63, 3.8) is 0 Å². The summed E-state index contributed by atoms with van der Waals surface area (Å²) in [5.41, 5.74) is 2.45. The van der Waals surface area contributed by atoms with Crippen LogP contribution in [0.3, 0.4) is 0 Å². The maximum absolute atomic E-state index is 12.6. The van der Waals surface area contributed by atoms with E-state index in [1.54, 1.807) is 26.1 Å². The molecule has 0 aliphatic rings. The van der Waals surface area contributed by atoms with Gasteiger partial charge in [0.25, 0.3) is 10.0 Å². The summed E-state index contributed by atoms with van der Waals surface area (Å²) in [7, 11) is -1.95. The van der Waals surface area contributed by atoms with Crippen molar-refractivity contribution in [3.8, 4) is 0 Å². The number of anilines is 1. The summed E-state index contributed by atoms with van der Waals surface area (Å²) in [4.78, 5) is 0.189. The summed E-state index contributed by atoms with van der Waals surface area (Å²) in [6.07, 6.45) is 0. The maximum Gasteiger partial charge on any atom is 0.265 e. The topological polar surface area (TPSA) is 86.9 Å². The third kappa shape index (κ3) is 3.63. The van der Waals surface area contributed by atoms with Gasteiger partial charge in [0.15, 0.2) is 0 Å². The monoisotopic (exact) mass is 372 g/mol. The van der Waals surface area contributed by atoms with Crippen LogP contribution in [-0.4, -0.2) is 25.7 Å². The molecule has 0 aliphatic heterocycles. The molecule has 0 atom stereocenters. The summed E-state index contributed by atoms with van der Waals surface area (Å²) in [6.45, 7) is 3.96. The lowest BCUT2D eigenvalue weighted by Gasteiger charge is -2.10. The van der Waals surface area contributed by atoms with E-state index in [2.05, 4.69) is 36.2 Å². The van der Waals surface area contributed by atoms with Gasteiger partial charge >= 0.3 is 0 Å². The highest BCUT2D eigenvalue weighted by Gasteiger charge is 2.24. The number of nitrogens with one attached hydrogen (secondary N) is 3. The van der Waals surface area contributed by atoms with E-state index >= 15 is 0 Å². The zero-order chi connectivity index (χ0) is 15.6. The Morgan fingerprint density at radius 2 is 2.00 bits per heavy atom. The molecule has 3 N–H and O–H groups in total. The predicted octanol–water partition coefficient (Wildman–Crippen LogP) is 2.31. The van der Waals surface area contributed by atoms with Gasteiger partial charge in [0.1, 0.15) is 4.90 Å². The van der Waals surface area contributed by atoms with E-state index in [1.807, 2.05) is 13.0 Å². The van der Waals surface area contributed by atoms with Crippen LogP contribution >= 0.6 is 15.9 Å². The van der Waals surface area contributed by atoms with E-state index in [4.69, 9.17) is 0 Å². The molecule has 114 valence electrons. The van der Waals surface area contributed by atoms with E-state index in [0.29, 0.717) is 23.6 Å². The summed E-state index contributed by atoms with van der Waals surface area (Å²) in [5, 5.41) is 9.66. The summed E-state index contributed by atoms with van der Waals surface area (Å²) < 4.78 is 28.6. The van der Waals surface area contributed by atoms with Gasteiger partial charge < -0.3 is 5.32 Å². The van der Waals surface area contributed by atoms with Gasteiger partial charge in [-0.25, -0.2) is 8.42 Å². The molecule has 0 radical (unpaired) electrons. The third-order valence-electron chi connectivity index (χ3n) is 2.87. The van der Waals surface area contributed by atoms with Gasteiger partial charge in [-0.2, -0.15) is 5.10 Å². The van der Waals surface area contributed by atoms with E-state index in [0.717, 1.165) is 10.0 Å². The molecule has 0 aliphatic carbocycles. The Morgan fingerprint density at radius 3 is 2.62 bits per heavy atom. The molecule has 6 nitrogen and oxygen atoms in total. The average Bonchev–Trinajstić information content (AvgIpc) is 2.69. The SMILES string of the molecule is CNCc1n[nH]c(C)c1S(=O)(=O)Nc1cc(C)cc(Br)c1. The number of rotatable bonds is 5. The van der Waals surface area contributed by atoms with E-state index in [1.165, 1.54) is 0 Å². The quantitative estimate of drug-likeness (QED) is 0.751. The van der Waals surface area contributed by atoms with Crippen molar-refractivity contribution in [1.82, 2.24) is 15.5 Å². The molecule has 21 heavy (non-hydrogen) atoms. The van der Waals surface area contributed by atoms with Gasteiger partial charge in [-0.15, -0.1) is 0 Å². The Bertz CT molecular complexity index is 735. The number of sulfonamides is 1. The largest absolute Gasteiger partial charge is 0.314 e. The molecule has 0 saturated carbocycles. The van der Waals surface area contributed by atoms with Crippen LogP contribution in [0.25, 0.3) is 0 Å². The van der Waals surface area contributed by atoms with Crippen molar-refractivity contribution in [1.29, 1.82) is 0 Å². The molecule has 2 aromatic rings. The van der Waals surface area contributed by atoms with Gasteiger partial charge in [0, 0.05) is 11.0 Å². The number of aromatic amines is 1. The van der Waals surface area contributed by atoms with Gasteiger partial charge in [-0.3, -0.25) is 9.82 Å². The lowest BCUT2D eigenvalue weighted by Crippen LogP contribution is -2.17. The first-order chi connectivity index (χ1) is 9.83. The van der Waals surface area contributed by atoms with Gasteiger partial charge in [-0.05, 0) is 44.7 Å². The van der Waals surface area contributed by atoms with Crippen molar-refractivity contribution in [2.45, 2.75) is 25.3 Å². The minimum atomic E-state index is -3.69. The van der Waals surface area contributed by atoms with Gasteiger partial charge in [0.05, 0.1) is 17.1 Å². The molecular weight excluding hydrogens is 356 g/mol. The number of hydrogen-bond acceptors (Lipinski definition) is 4. The summed E-state index contributed by atoms with van der Waals surface area (Å²) >= 11 is 3.36. The molecule has 0 saturated heterocycles.